The molecule has 24 heavy (non-hydrogen) atoms. The van der Waals surface area contributed by atoms with E-state index in [9.17, 15) is 4.79 Å². The van der Waals surface area contributed by atoms with Crippen LogP contribution < -0.4 is 10.2 Å². The number of aryl methyl sites for hydroxylation is 3. The Balaban J connectivity index is 1.59. The molecule has 0 bridgehead atoms. The maximum absolute atomic E-state index is 12.3. The normalized spacial score (nSPS) is 17.8. The number of hydrogen-bond acceptors (Lipinski definition) is 4. The Bertz CT molecular complexity index is 724. The molecule has 0 spiro atoms. The second kappa shape index (κ2) is 7.03. The highest BCUT2D eigenvalue weighted by molar-refractivity contribution is 5.76. The van der Waals surface area contributed by atoms with Gasteiger partial charge in [0.2, 0.25) is 5.91 Å². The number of nitrogens with zero attached hydrogens (tertiary/aromatic N) is 4. The molecule has 0 aromatic carbocycles. The molecule has 128 valence electrons. The van der Waals surface area contributed by atoms with Gasteiger partial charge in [-0.05, 0) is 51.8 Å². The number of pyridine rings is 1. The summed E-state index contributed by atoms with van der Waals surface area (Å²) in [6.45, 7) is 7.98. The second-order valence-electron chi connectivity index (χ2n) is 6.57. The average molecular weight is 327 g/mol. The topological polar surface area (TPSA) is 63.1 Å². The van der Waals surface area contributed by atoms with Crippen LogP contribution in [0.2, 0.25) is 0 Å². The van der Waals surface area contributed by atoms with Gasteiger partial charge in [-0.15, -0.1) is 0 Å². The first-order chi connectivity index (χ1) is 11.5. The fourth-order valence-electron chi connectivity index (χ4n) is 3.25. The smallest absolute Gasteiger partial charge is 0.242 e. The van der Waals surface area contributed by atoms with E-state index >= 15 is 0 Å². The van der Waals surface area contributed by atoms with Crippen molar-refractivity contribution in [3.05, 3.63) is 41.3 Å². The molecule has 0 unspecified atom stereocenters. The van der Waals surface area contributed by atoms with Crippen molar-refractivity contribution in [2.75, 3.05) is 18.0 Å². The van der Waals surface area contributed by atoms with Crippen molar-refractivity contribution in [3.63, 3.8) is 0 Å². The van der Waals surface area contributed by atoms with Gasteiger partial charge in [-0.2, -0.15) is 5.10 Å². The third-order valence-electron chi connectivity index (χ3n) is 4.38. The highest BCUT2D eigenvalue weighted by Crippen LogP contribution is 2.18. The summed E-state index contributed by atoms with van der Waals surface area (Å²) in [4.78, 5) is 19.2. The largest absolute Gasteiger partial charge is 0.355 e. The molecule has 6 heteroatoms. The van der Waals surface area contributed by atoms with Gasteiger partial charge in [0.15, 0.2) is 0 Å². The van der Waals surface area contributed by atoms with Crippen LogP contribution in [0.4, 0.5) is 5.82 Å². The molecular formula is C18H25N5O. The quantitative estimate of drug-likeness (QED) is 0.933. The number of piperidine rings is 1. The Hall–Kier alpha value is -2.37. The van der Waals surface area contributed by atoms with Gasteiger partial charge in [0.25, 0.3) is 0 Å². The number of aromatic nitrogens is 3. The van der Waals surface area contributed by atoms with Crippen LogP contribution in [0.5, 0.6) is 0 Å². The first-order valence-corrected chi connectivity index (χ1v) is 8.50. The first-order valence-electron chi connectivity index (χ1n) is 8.50. The molecule has 3 heterocycles. The van der Waals surface area contributed by atoms with Crippen LogP contribution in [0.1, 0.15) is 29.9 Å². The van der Waals surface area contributed by atoms with Crippen molar-refractivity contribution >= 4 is 11.7 Å². The van der Waals surface area contributed by atoms with E-state index in [2.05, 4.69) is 20.3 Å². The molecule has 3 rings (SSSR count). The number of carbonyl (C=O) groups is 1. The van der Waals surface area contributed by atoms with Gasteiger partial charge < -0.3 is 10.2 Å². The SMILES string of the molecule is Cc1cccc(N2CCC[C@H](NC(=O)Cn3nc(C)cc3C)C2)n1. The standard InChI is InChI=1S/C18H25N5O/c1-13-6-4-8-17(19-13)22-9-5-7-16(11-22)20-18(24)12-23-15(3)10-14(2)21-23/h4,6,8,10,16H,5,7,9,11-12H2,1-3H3,(H,20,24)/t16-/m0/s1. The van der Waals surface area contributed by atoms with Crippen LogP contribution in [-0.4, -0.2) is 39.8 Å². The second-order valence-corrected chi connectivity index (χ2v) is 6.57. The molecule has 2 aromatic rings. The van der Waals surface area contributed by atoms with Crippen molar-refractivity contribution in [2.24, 2.45) is 0 Å². The summed E-state index contributed by atoms with van der Waals surface area (Å²) in [6, 6.07) is 8.21. The van der Waals surface area contributed by atoms with E-state index in [1.807, 2.05) is 45.0 Å². The molecule has 0 aliphatic carbocycles. The average Bonchev–Trinajstić information content (AvgIpc) is 2.85. The minimum Gasteiger partial charge on any atom is -0.355 e. The predicted octanol–water partition coefficient (Wildman–Crippen LogP) is 1.99. The lowest BCUT2D eigenvalue weighted by molar-refractivity contribution is -0.122. The number of anilines is 1. The van der Waals surface area contributed by atoms with E-state index in [1.165, 1.54) is 0 Å². The highest BCUT2D eigenvalue weighted by Gasteiger charge is 2.22. The third-order valence-corrected chi connectivity index (χ3v) is 4.38. The molecule has 1 amide bonds. The predicted molar refractivity (Wildman–Crippen MR) is 94.1 cm³/mol. The van der Waals surface area contributed by atoms with Crippen LogP contribution in [0, 0.1) is 20.8 Å². The molecule has 6 nitrogen and oxygen atoms in total. The lowest BCUT2D eigenvalue weighted by Crippen LogP contribution is -2.48. The molecule has 1 fully saturated rings. The van der Waals surface area contributed by atoms with E-state index in [1.54, 1.807) is 4.68 Å². The number of amides is 1. The zero-order chi connectivity index (χ0) is 17.1. The van der Waals surface area contributed by atoms with Gasteiger partial charge >= 0.3 is 0 Å². The van der Waals surface area contributed by atoms with Crippen LogP contribution in [0.15, 0.2) is 24.3 Å². The lowest BCUT2D eigenvalue weighted by atomic mass is 10.1. The van der Waals surface area contributed by atoms with Crippen LogP contribution in [0.3, 0.4) is 0 Å². The number of hydrogen-bond donors (Lipinski definition) is 1. The van der Waals surface area contributed by atoms with Gasteiger partial charge in [-0.3, -0.25) is 9.48 Å². The summed E-state index contributed by atoms with van der Waals surface area (Å²) >= 11 is 0. The summed E-state index contributed by atoms with van der Waals surface area (Å²) in [6.07, 6.45) is 2.06. The van der Waals surface area contributed by atoms with Crippen molar-refractivity contribution < 1.29 is 4.79 Å². The fourth-order valence-corrected chi connectivity index (χ4v) is 3.25. The van der Waals surface area contributed by atoms with Gasteiger partial charge in [0, 0.05) is 30.5 Å². The Kier molecular flexibility index (Phi) is 4.83. The van der Waals surface area contributed by atoms with E-state index in [0.29, 0.717) is 0 Å². The Morgan fingerprint density at radius 3 is 2.83 bits per heavy atom. The van der Waals surface area contributed by atoms with E-state index in [-0.39, 0.29) is 18.5 Å². The fraction of sp³-hybridized carbons (Fsp3) is 0.500. The van der Waals surface area contributed by atoms with Crippen molar-refractivity contribution in [2.45, 2.75) is 46.2 Å². The minimum absolute atomic E-state index is 0.0188. The molecule has 0 saturated carbocycles. The zero-order valence-corrected chi connectivity index (χ0v) is 14.6. The molecule has 0 radical (unpaired) electrons. The van der Waals surface area contributed by atoms with E-state index < -0.39 is 0 Å². The Morgan fingerprint density at radius 1 is 1.29 bits per heavy atom. The third kappa shape index (κ3) is 3.93. The van der Waals surface area contributed by atoms with Crippen LogP contribution >= 0.6 is 0 Å². The molecule has 1 aliphatic heterocycles. The van der Waals surface area contributed by atoms with E-state index in [0.717, 1.165) is 48.8 Å². The number of nitrogens with one attached hydrogen (secondary N) is 1. The summed E-state index contributed by atoms with van der Waals surface area (Å²) in [5.41, 5.74) is 2.97. The number of carbonyl (C=O) groups excluding carboxylic acids is 1. The van der Waals surface area contributed by atoms with Crippen molar-refractivity contribution in [1.29, 1.82) is 0 Å². The molecule has 1 aliphatic rings. The van der Waals surface area contributed by atoms with Crippen molar-refractivity contribution in [1.82, 2.24) is 20.1 Å². The highest BCUT2D eigenvalue weighted by atomic mass is 16.2. The molecular weight excluding hydrogens is 302 g/mol. The van der Waals surface area contributed by atoms with Gasteiger partial charge in [0.05, 0.1) is 5.69 Å². The zero-order valence-electron chi connectivity index (χ0n) is 14.6. The van der Waals surface area contributed by atoms with E-state index in [4.69, 9.17) is 0 Å². The lowest BCUT2D eigenvalue weighted by Gasteiger charge is -2.34. The summed E-state index contributed by atoms with van der Waals surface area (Å²) in [7, 11) is 0. The van der Waals surface area contributed by atoms with Gasteiger partial charge in [-0.1, -0.05) is 6.07 Å². The Morgan fingerprint density at radius 2 is 2.12 bits per heavy atom. The van der Waals surface area contributed by atoms with Crippen molar-refractivity contribution in [3.8, 4) is 0 Å². The molecule has 1 N–H and O–H groups in total. The summed E-state index contributed by atoms with van der Waals surface area (Å²) in [5.74, 6) is 1.01. The maximum atomic E-state index is 12.3. The molecule has 1 saturated heterocycles. The maximum Gasteiger partial charge on any atom is 0.242 e. The number of rotatable bonds is 4. The van der Waals surface area contributed by atoms with Crippen LogP contribution in [-0.2, 0) is 11.3 Å². The minimum atomic E-state index is 0.0188. The molecule has 1 atom stereocenters. The monoisotopic (exact) mass is 327 g/mol. The van der Waals surface area contributed by atoms with Gasteiger partial charge in [-0.25, -0.2) is 4.98 Å². The first kappa shape index (κ1) is 16.5. The Labute approximate surface area is 142 Å². The van der Waals surface area contributed by atoms with Crippen LogP contribution in [0.25, 0.3) is 0 Å². The summed E-state index contributed by atoms with van der Waals surface area (Å²) < 4.78 is 1.76. The summed E-state index contributed by atoms with van der Waals surface area (Å²) in [5, 5.41) is 7.50. The molecule has 2 aromatic heterocycles. The van der Waals surface area contributed by atoms with Gasteiger partial charge in [0.1, 0.15) is 12.4 Å².